The van der Waals surface area contributed by atoms with Gasteiger partial charge >= 0.3 is 5.95 Å². The van der Waals surface area contributed by atoms with Crippen molar-refractivity contribution in [2.75, 3.05) is 0 Å². The fraction of sp³-hybridized carbons (Fsp3) is 0.111. The zero-order valence-corrected chi connectivity index (χ0v) is 10.3. The summed E-state index contributed by atoms with van der Waals surface area (Å²) in [5.74, 6) is -0.0250. The number of fused-ring (bicyclic) bond motifs is 3. The largest absolute Gasteiger partial charge is 0.490 e. The highest BCUT2D eigenvalue weighted by Crippen LogP contribution is 2.13. The Morgan fingerprint density at radius 1 is 1.29 bits per heavy atom. The summed E-state index contributed by atoms with van der Waals surface area (Å²) in [5, 5.41) is 25.9. The van der Waals surface area contributed by atoms with Crippen LogP contribution < -0.4 is 0 Å². The van der Waals surface area contributed by atoms with Gasteiger partial charge < -0.3 is 10.1 Å². The lowest BCUT2D eigenvalue weighted by atomic mass is 10.4. The van der Waals surface area contributed by atoms with E-state index in [0.29, 0.717) is 17.1 Å². The van der Waals surface area contributed by atoms with Crippen LogP contribution in [0.25, 0.3) is 16.7 Å². The van der Waals surface area contributed by atoms with Gasteiger partial charge in [-0.2, -0.15) is 9.78 Å². The molecule has 0 spiro atoms. The molecule has 104 valence electrons. The smallest absolute Gasteiger partial charge is 0.390 e. The summed E-state index contributed by atoms with van der Waals surface area (Å²) in [6.45, 7) is 0.169. The van der Waals surface area contributed by atoms with Crippen molar-refractivity contribution in [3.63, 3.8) is 0 Å². The molecule has 12 nitrogen and oxygen atoms in total. The lowest BCUT2D eigenvalue weighted by molar-refractivity contribution is -0.394. The first-order valence-electron chi connectivity index (χ1n) is 5.78. The molecule has 12 heteroatoms. The van der Waals surface area contributed by atoms with E-state index < -0.39 is 10.9 Å². The zero-order valence-electron chi connectivity index (χ0n) is 10.3. The molecule has 4 aromatic rings. The Hall–Kier alpha value is -3.44. The molecule has 0 aliphatic heterocycles. The maximum Gasteiger partial charge on any atom is 0.490 e. The van der Waals surface area contributed by atoms with Gasteiger partial charge in [0.05, 0.1) is 11.6 Å². The third-order valence-corrected chi connectivity index (χ3v) is 2.82. The number of H-pyrrole nitrogens is 1. The summed E-state index contributed by atoms with van der Waals surface area (Å²) in [5.41, 5.74) is 1.20. The van der Waals surface area contributed by atoms with E-state index in [2.05, 4.69) is 35.3 Å². The molecular weight excluding hydrogens is 280 g/mol. The van der Waals surface area contributed by atoms with Crippen LogP contribution in [0.4, 0.5) is 5.95 Å². The summed E-state index contributed by atoms with van der Waals surface area (Å²) in [7, 11) is 0. The van der Waals surface area contributed by atoms with Crippen molar-refractivity contribution in [1.29, 1.82) is 0 Å². The monoisotopic (exact) mass is 286 g/mol. The van der Waals surface area contributed by atoms with Gasteiger partial charge in [-0.05, 0) is 4.92 Å². The molecule has 0 amide bonds. The molecule has 0 aliphatic carbocycles. The van der Waals surface area contributed by atoms with Crippen LogP contribution in [0.15, 0.2) is 18.9 Å². The molecule has 0 saturated heterocycles. The van der Waals surface area contributed by atoms with Crippen molar-refractivity contribution >= 4 is 22.6 Å². The van der Waals surface area contributed by atoms with Crippen LogP contribution in [-0.4, -0.2) is 49.5 Å². The van der Waals surface area contributed by atoms with Crippen LogP contribution in [0, 0.1) is 10.1 Å². The van der Waals surface area contributed by atoms with Crippen molar-refractivity contribution in [1.82, 2.24) is 44.5 Å². The van der Waals surface area contributed by atoms with Gasteiger partial charge in [-0.1, -0.05) is 4.98 Å². The number of nitrogens with one attached hydrogen (secondary N) is 1. The molecule has 0 aromatic carbocycles. The van der Waals surface area contributed by atoms with Crippen LogP contribution in [0.5, 0.6) is 0 Å². The number of hydrogen-bond donors (Lipinski definition) is 1. The van der Waals surface area contributed by atoms with E-state index in [1.54, 1.807) is 6.20 Å². The Bertz CT molecular complexity index is 965. The Morgan fingerprint density at radius 2 is 2.19 bits per heavy atom. The maximum absolute atomic E-state index is 10.5. The van der Waals surface area contributed by atoms with Crippen molar-refractivity contribution in [2.45, 2.75) is 6.54 Å². The Morgan fingerprint density at radius 3 is 3.00 bits per heavy atom. The molecule has 0 bridgehead atoms. The predicted molar refractivity (Wildman–Crippen MR) is 66.2 cm³/mol. The van der Waals surface area contributed by atoms with E-state index in [-0.39, 0.29) is 6.54 Å². The van der Waals surface area contributed by atoms with Gasteiger partial charge in [-0.15, -0.1) is 5.10 Å². The number of nitrogens with zero attached hydrogens (tertiary/aromatic N) is 9. The Balaban J connectivity index is 1.74. The summed E-state index contributed by atoms with van der Waals surface area (Å²) in [4.78, 5) is 21.9. The molecule has 0 atom stereocenters. The minimum Gasteiger partial charge on any atom is -0.390 e. The predicted octanol–water partition coefficient (Wildman–Crippen LogP) is -0.451. The van der Waals surface area contributed by atoms with Crippen LogP contribution in [0.3, 0.4) is 0 Å². The molecule has 1 N–H and O–H groups in total. The summed E-state index contributed by atoms with van der Waals surface area (Å²) in [6, 6.07) is 0. The van der Waals surface area contributed by atoms with Crippen molar-refractivity contribution in [2.24, 2.45) is 0 Å². The normalized spacial score (nSPS) is 11.4. The third-order valence-electron chi connectivity index (χ3n) is 2.82. The summed E-state index contributed by atoms with van der Waals surface area (Å²) >= 11 is 0. The third kappa shape index (κ3) is 1.77. The number of hydrogen-bond acceptors (Lipinski definition) is 8. The summed E-state index contributed by atoms with van der Waals surface area (Å²) in [6.07, 6.45) is 4.38. The van der Waals surface area contributed by atoms with Crippen LogP contribution >= 0.6 is 0 Å². The minimum atomic E-state index is -0.660. The Labute approximate surface area is 114 Å². The number of aromatic nitrogens is 9. The van der Waals surface area contributed by atoms with Gasteiger partial charge in [-0.25, -0.2) is 14.5 Å². The van der Waals surface area contributed by atoms with Gasteiger partial charge in [0.25, 0.3) is 0 Å². The van der Waals surface area contributed by atoms with Crippen LogP contribution in [-0.2, 0) is 6.54 Å². The van der Waals surface area contributed by atoms with E-state index >= 15 is 0 Å². The second-order valence-corrected chi connectivity index (χ2v) is 4.17. The van der Waals surface area contributed by atoms with Crippen molar-refractivity contribution < 1.29 is 4.92 Å². The molecule has 0 saturated carbocycles. The van der Waals surface area contributed by atoms with E-state index in [1.807, 2.05) is 0 Å². The van der Waals surface area contributed by atoms with Crippen molar-refractivity contribution in [3.05, 3.63) is 34.8 Å². The molecule has 4 aromatic heterocycles. The lowest BCUT2D eigenvalue weighted by Gasteiger charge is -1.89. The quantitative estimate of drug-likeness (QED) is 0.393. The van der Waals surface area contributed by atoms with Gasteiger partial charge in [-0.3, -0.25) is 5.10 Å². The van der Waals surface area contributed by atoms with E-state index in [9.17, 15) is 10.1 Å². The highest BCUT2D eigenvalue weighted by atomic mass is 16.6. The number of aromatic amines is 1. The van der Waals surface area contributed by atoms with Crippen LogP contribution in [0.1, 0.15) is 5.82 Å². The van der Waals surface area contributed by atoms with Crippen molar-refractivity contribution in [3.8, 4) is 0 Å². The topological polar surface area (TPSA) is 146 Å². The fourth-order valence-corrected chi connectivity index (χ4v) is 1.94. The molecule has 4 rings (SSSR count). The Kier molecular flexibility index (Phi) is 2.18. The van der Waals surface area contributed by atoms with E-state index in [1.165, 1.54) is 21.9 Å². The van der Waals surface area contributed by atoms with Gasteiger partial charge in [0, 0.05) is 5.10 Å². The molecular formula is C9H6N10O2. The number of rotatable bonds is 3. The average molecular weight is 286 g/mol. The molecule has 0 radical (unpaired) electrons. The highest BCUT2D eigenvalue weighted by Gasteiger charge is 2.16. The van der Waals surface area contributed by atoms with E-state index in [4.69, 9.17) is 0 Å². The fourth-order valence-electron chi connectivity index (χ4n) is 1.94. The molecule has 4 heterocycles. The molecule has 0 unspecified atom stereocenters. The maximum atomic E-state index is 10.5. The van der Waals surface area contributed by atoms with Gasteiger partial charge in [0.1, 0.15) is 12.9 Å². The second kappa shape index (κ2) is 4.03. The average Bonchev–Trinajstić information content (AvgIpc) is 3.15. The second-order valence-electron chi connectivity index (χ2n) is 4.17. The lowest BCUT2D eigenvalue weighted by Crippen LogP contribution is -2.03. The SMILES string of the molecule is O=[N+]([O-])c1ncn(Cc2nc3c4cn[nH]c4ncn3n2)n1. The summed E-state index contributed by atoms with van der Waals surface area (Å²) < 4.78 is 2.81. The highest BCUT2D eigenvalue weighted by molar-refractivity contribution is 5.87. The molecule has 0 fully saturated rings. The van der Waals surface area contributed by atoms with Crippen LogP contribution in [0.2, 0.25) is 0 Å². The number of nitro groups is 1. The van der Waals surface area contributed by atoms with E-state index in [0.717, 1.165) is 5.39 Å². The first-order valence-corrected chi connectivity index (χ1v) is 5.78. The molecule has 21 heavy (non-hydrogen) atoms. The first-order chi connectivity index (χ1) is 10.2. The van der Waals surface area contributed by atoms with Gasteiger partial charge in [0.2, 0.25) is 6.33 Å². The molecule has 0 aliphatic rings. The standard InChI is InChI=1S/C9H6N10O2/c20-19(21)9-11-3-17(16-9)2-6-13-8-5-1-12-14-7(5)10-4-18(8)15-6/h1,3-4H,2H2,(H,12,14). The zero-order chi connectivity index (χ0) is 14.4. The van der Waals surface area contributed by atoms with Gasteiger partial charge in [0.15, 0.2) is 17.1 Å². The minimum absolute atomic E-state index is 0.169. The first kappa shape index (κ1) is 11.4.